The van der Waals surface area contributed by atoms with E-state index >= 15 is 0 Å². The molecule has 0 unspecified atom stereocenters. The lowest BCUT2D eigenvalue weighted by Gasteiger charge is -2.15. The van der Waals surface area contributed by atoms with Gasteiger partial charge in [-0.25, -0.2) is 14.2 Å². The molecule has 25 heavy (non-hydrogen) atoms. The lowest BCUT2D eigenvalue weighted by molar-refractivity contribution is -0.144. The zero-order chi connectivity index (χ0) is 19.1. The molecular formula is C14H9Cl2F3N2O4. The van der Waals surface area contributed by atoms with Gasteiger partial charge in [-0.3, -0.25) is 9.36 Å². The van der Waals surface area contributed by atoms with E-state index in [1.807, 2.05) is 0 Å². The van der Waals surface area contributed by atoms with E-state index in [1.165, 1.54) is 0 Å². The third kappa shape index (κ3) is 3.42. The first-order valence-electron chi connectivity index (χ1n) is 6.47. The monoisotopic (exact) mass is 396 g/mol. The molecule has 134 valence electrons. The average molecular weight is 397 g/mol. The van der Waals surface area contributed by atoms with Crippen LogP contribution in [-0.4, -0.2) is 22.2 Å². The normalized spacial score (nSPS) is 11.5. The highest BCUT2D eigenvalue weighted by molar-refractivity contribution is 6.37. The summed E-state index contributed by atoms with van der Waals surface area (Å²) in [4.78, 5) is 36.0. The molecule has 2 aromatic rings. The molecule has 0 atom stereocenters. The van der Waals surface area contributed by atoms with Crippen LogP contribution in [0.4, 0.5) is 13.2 Å². The molecule has 0 aliphatic heterocycles. The fraction of sp³-hybridized carbons (Fsp3) is 0.214. The van der Waals surface area contributed by atoms with Crippen LogP contribution in [0.3, 0.4) is 0 Å². The van der Waals surface area contributed by atoms with Gasteiger partial charge in [0.05, 0.1) is 28.4 Å². The topological polar surface area (TPSA) is 70.3 Å². The van der Waals surface area contributed by atoms with Crippen molar-refractivity contribution in [1.82, 2.24) is 9.13 Å². The van der Waals surface area contributed by atoms with Crippen molar-refractivity contribution < 1.29 is 22.7 Å². The van der Waals surface area contributed by atoms with Gasteiger partial charge in [0, 0.05) is 13.1 Å². The second-order valence-electron chi connectivity index (χ2n) is 4.82. The molecule has 11 heteroatoms. The molecule has 0 amide bonds. The number of ether oxygens (including phenoxy) is 1. The number of carbonyl (C=O) groups is 1. The summed E-state index contributed by atoms with van der Waals surface area (Å²) in [5.74, 6) is -0.875. The smallest absolute Gasteiger partial charge is 0.431 e. The second-order valence-corrected chi connectivity index (χ2v) is 5.63. The maximum absolute atomic E-state index is 12.9. The van der Waals surface area contributed by atoms with Gasteiger partial charge in [0.25, 0.3) is 5.56 Å². The first-order valence-corrected chi connectivity index (χ1v) is 7.22. The molecule has 0 fully saturated rings. The summed E-state index contributed by atoms with van der Waals surface area (Å²) in [6.45, 7) is 0. The number of hydrogen-bond acceptors (Lipinski definition) is 4. The van der Waals surface area contributed by atoms with E-state index in [0.717, 1.165) is 26.3 Å². The Labute approximate surface area is 148 Å². The summed E-state index contributed by atoms with van der Waals surface area (Å²) < 4.78 is 43.8. The van der Waals surface area contributed by atoms with Crippen LogP contribution >= 0.6 is 23.2 Å². The van der Waals surface area contributed by atoms with Crippen molar-refractivity contribution in [3.63, 3.8) is 0 Å². The molecule has 0 saturated heterocycles. The van der Waals surface area contributed by atoms with Gasteiger partial charge in [-0.15, -0.1) is 0 Å². The Bertz CT molecular complexity index is 980. The van der Waals surface area contributed by atoms with E-state index in [2.05, 4.69) is 4.74 Å². The largest absolute Gasteiger partial charge is 0.465 e. The fourth-order valence-corrected chi connectivity index (χ4v) is 2.64. The number of benzene rings is 1. The molecule has 1 aromatic carbocycles. The Hall–Kier alpha value is -2.26. The summed E-state index contributed by atoms with van der Waals surface area (Å²) in [5, 5.41) is -0.325. The predicted molar refractivity (Wildman–Crippen MR) is 83.6 cm³/mol. The first-order chi connectivity index (χ1) is 11.5. The Morgan fingerprint density at radius 3 is 2.24 bits per heavy atom. The van der Waals surface area contributed by atoms with Crippen LogP contribution in [-0.2, 0) is 18.0 Å². The van der Waals surface area contributed by atoms with E-state index in [0.29, 0.717) is 4.57 Å². The van der Waals surface area contributed by atoms with Crippen LogP contribution in [0.2, 0.25) is 10.0 Å². The summed E-state index contributed by atoms with van der Waals surface area (Å²) in [6, 6.07) is 2.32. The Balaban J connectivity index is 2.85. The fourth-order valence-electron chi connectivity index (χ4n) is 2.09. The molecule has 6 nitrogen and oxygen atoms in total. The molecule has 0 N–H and O–H groups in total. The number of esters is 1. The van der Waals surface area contributed by atoms with Crippen LogP contribution in [0.5, 0.6) is 0 Å². The standard InChI is InChI=1S/C14H9Cl2F3N2O4/c1-20-10(14(17,18)19)5-11(22)21(13(20)24)9-3-6(12(23)25-2)7(15)4-8(9)16/h3-5H,1-2H3. The molecule has 0 bridgehead atoms. The van der Waals surface area contributed by atoms with Gasteiger partial charge in [-0.1, -0.05) is 23.2 Å². The number of carbonyl (C=O) groups excluding carboxylic acids is 1. The van der Waals surface area contributed by atoms with Crippen molar-refractivity contribution >= 4 is 29.2 Å². The molecule has 0 radical (unpaired) electrons. The van der Waals surface area contributed by atoms with Gasteiger partial charge >= 0.3 is 17.8 Å². The number of nitrogens with zero attached hydrogens (tertiary/aromatic N) is 2. The highest BCUT2D eigenvalue weighted by Crippen LogP contribution is 2.29. The molecule has 1 heterocycles. The van der Waals surface area contributed by atoms with E-state index in [4.69, 9.17) is 23.2 Å². The summed E-state index contributed by atoms with van der Waals surface area (Å²) in [5.41, 5.74) is -4.49. The van der Waals surface area contributed by atoms with E-state index in [-0.39, 0.29) is 31.9 Å². The van der Waals surface area contributed by atoms with Crippen LogP contribution < -0.4 is 11.2 Å². The maximum atomic E-state index is 12.9. The third-order valence-electron chi connectivity index (χ3n) is 3.29. The van der Waals surface area contributed by atoms with Gasteiger partial charge in [0.2, 0.25) is 0 Å². The Morgan fingerprint density at radius 2 is 1.72 bits per heavy atom. The summed E-state index contributed by atoms with van der Waals surface area (Å²) >= 11 is 11.8. The zero-order valence-electron chi connectivity index (χ0n) is 12.6. The van der Waals surface area contributed by atoms with Crippen molar-refractivity contribution in [2.45, 2.75) is 6.18 Å². The molecule has 2 rings (SSSR count). The summed E-state index contributed by atoms with van der Waals surface area (Å²) in [6.07, 6.45) is -4.90. The SMILES string of the molecule is COC(=O)c1cc(-n2c(=O)cc(C(F)(F)F)n(C)c2=O)c(Cl)cc1Cl. The van der Waals surface area contributed by atoms with E-state index < -0.39 is 29.1 Å². The number of hydrogen-bond donors (Lipinski definition) is 0. The van der Waals surface area contributed by atoms with Crippen LogP contribution in [0, 0.1) is 0 Å². The highest BCUT2D eigenvalue weighted by Gasteiger charge is 2.35. The molecular weight excluding hydrogens is 388 g/mol. The van der Waals surface area contributed by atoms with Gasteiger partial charge < -0.3 is 4.74 Å². The molecule has 0 spiro atoms. The number of aromatic nitrogens is 2. The van der Waals surface area contributed by atoms with Crippen LogP contribution in [0.15, 0.2) is 27.8 Å². The molecule has 1 aromatic heterocycles. The van der Waals surface area contributed by atoms with Gasteiger partial charge in [-0.2, -0.15) is 13.2 Å². The van der Waals surface area contributed by atoms with Gasteiger partial charge in [0.15, 0.2) is 0 Å². The van der Waals surface area contributed by atoms with Crippen molar-refractivity contribution in [2.75, 3.05) is 7.11 Å². The number of methoxy groups -OCH3 is 1. The lowest BCUT2D eigenvalue weighted by Crippen LogP contribution is -2.40. The predicted octanol–water partition coefficient (Wildman–Crippen LogP) is 2.65. The highest BCUT2D eigenvalue weighted by atomic mass is 35.5. The van der Waals surface area contributed by atoms with Crippen LogP contribution in [0.25, 0.3) is 5.69 Å². The molecule has 0 aliphatic rings. The number of halogens is 5. The van der Waals surface area contributed by atoms with Gasteiger partial charge in [-0.05, 0) is 12.1 Å². The second kappa shape index (κ2) is 6.57. The average Bonchev–Trinajstić information content (AvgIpc) is 2.51. The number of rotatable bonds is 2. The molecule has 0 saturated carbocycles. The minimum atomic E-state index is -4.90. The minimum Gasteiger partial charge on any atom is -0.465 e. The Morgan fingerprint density at radius 1 is 1.12 bits per heavy atom. The lowest BCUT2D eigenvalue weighted by atomic mass is 10.2. The van der Waals surface area contributed by atoms with Crippen molar-refractivity contribution in [1.29, 1.82) is 0 Å². The van der Waals surface area contributed by atoms with Crippen molar-refractivity contribution in [2.24, 2.45) is 7.05 Å². The maximum Gasteiger partial charge on any atom is 0.431 e. The molecule has 0 aliphatic carbocycles. The number of alkyl halides is 3. The van der Waals surface area contributed by atoms with Crippen molar-refractivity contribution in [3.8, 4) is 5.69 Å². The Kier molecular flexibility index (Phi) is 5.01. The quantitative estimate of drug-likeness (QED) is 0.731. The van der Waals surface area contributed by atoms with Crippen molar-refractivity contribution in [3.05, 3.63) is 60.3 Å². The van der Waals surface area contributed by atoms with E-state index in [1.54, 1.807) is 0 Å². The van der Waals surface area contributed by atoms with Gasteiger partial charge in [0.1, 0.15) is 5.69 Å². The van der Waals surface area contributed by atoms with E-state index in [9.17, 15) is 27.6 Å². The first kappa shape index (κ1) is 19.1. The third-order valence-corrected chi connectivity index (χ3v) is 3.91. The zero-order valence-corrected chi connectivity index (χ0v) is 14.2. The minimum absolute atomic E-state index is 0.114. The summed E-state index contributed by atoms with van der Waals surface area (Å²) in [7, 11) is 1.93. The van der Waals surface area contributed by atoms with Crippen LogP contribution in [0.1, 0.15) is 16.1 Å².